The van der Waals surface area contributed by atoms with E-state index in [9.17, 15) is 9.90 Å². The summed E-state index contributed by atoms with van der Waals surface area (Å²) in [5, 5.41) is 17.8. The van der Waals surface area contributed by atoms with Crippen LogP contribution in [0.15, 0.2) is 42.5 Å². The van der Waals surface area contributed by atoms with Crippen molar-refractivity contribution in [1.82, 2.24) is 30.6 Å². The molecule has 0 bridgehead atoms. The fourth-order valence-electron chi connectivity index (χ4n) is 5.26. The average Bonchev–Trinajstić information content (AvgIpc) is 3.54. The summed E-state index contributed by atoms with van der Waals surface area (Å²) < 4.78 is 26.6. The Labute approximate surface area is 257 Å². The Balaban J connectivity index is 1.34. The van der Waals surface area contributed by atoms with Gasteiger partial charge in [0.2, 0.25) is 0 Å². The topological polar surface area (TPSA) is 142 Å². The highest BCUT2D eigenvalue weighted by atomic mass is 35.5. The monoisotopic (exact) mass is 628 g/mol. The normalized spacial score (nSPS) is 25.8. The molecule has 4 heterocycles. The van der Waals surface area contributed by atoms with Crippen LogP contribution in [0.25, 0.3) is 15.9 Å². The fraction of sp³-hybridized carbons (Fsp3) is 0.448. The zero-order valence-electron chi connectivity index (χ0n) is 24.3. The first-order valence-electron chi connectivity index (χ1n) is 13.9. The summed E-state index contributed by atoms with van der Waals surface area (Å²) in [5.41, 5.74) is 6.96. The molecule has 1 unspecified atom stereocenters. The average molecular weight is 629 g/mol. The molecule has 6 rings (SSSR count). The van der Waals surface area contributed by atoms with Crippen LogP contribution in [-0.2, 0) is 18.9 Å². The molecule has 0 spiro atoms. The second kappa shape index (κ2) is 11.7. The Morgan fingerprint density at radius 2 is 1.91 bits per heavy atom. The van der Waals surface area contributed by atoms with Gasteiger partial charge in [0, 0.05) is 5.56 Å². The van der Waals surface area contributed by atoms with Crippen molar-refractivity contribution in [2.24, 2.45) is 0 Å². The molecule has 228 valence electrons. The lowest BCUT2D eigenvalue weighted by atomic mass is 9.91. The third kappa shape index (κ3) is 6.11. The number of hydrazine groups is 1. The van der Waals surface area contributed by atoms with Crippen molar-refractivity contribution in [1.29, 1.82) is 0 Å². The molecule has 3 N–H and O–H groups in total. The Kier molecular flexibility index (Phi) is 8.15. The van der Waals surface area contributed by atoms with E-state index in [0.717, 1.165) is 20.8 Å². The highest BCUT2D eigenvalue weighted by molar-refractivity contribution is 7.19. The SMILES string of the molecule is Cc1nc([C@@H]2O[C@@H]3COC(c4ccccc4)O[C@@H]3[C@H](NNC(=O)OC(C)(C)C)[C@H]2O)n(-c2ccc3nc(C)sc3c2Cl)n1. The van der Waals surface area contributed by atoms with E-state index in [1.807, 2.05) is 49.4 Å². The number of carbonyl (C=O) groups excluding carboxylic acids is 1. The first-order chi connectivity index (χ1) is 20.5. The number of hydrogen-bond acceptors (Lipinski definition) is 11. The minimum atomic E-state index is -1.25. The Bertz CT molecular complexity index is 1620. The number of thiazole rings is 1. The molecule has 2 saturated heterocycles. The van der Waals surface area contributed by atoms with E-state index >= 15 is 0 Å². The molecule has 0 aliphatic carbocycles. The number of hydrogen-bond donors (Lipinski definition) is 3. The van der Waals surface area contributed by atoms with Gasteiger partial charge in [-0.25, -0.2) is 24.9 Å². The molecular weight excluding hydrogens is 596 g/mol. The number of nitrogens with zero attached hydrogens (tertiary/aromatic N) is 4. The zero-order chi connectivity index (χ0) is 30.5. The minimum absolute atomic E-state index is 0.165. The smallest absolute Gasteiger partial charge is 0.422 e. The van der Waals surface area contributed by atoms with Crippen LogP contribution in [0.4, 0.5) is 4.79 Å². The quantitative estimate of drug-likeness (QED) is 0.271. The third-order valence-corrected chi connectivity index (χ3v) is 8.53. The summed E-state index contributed by atoms with van der Waals surface area (Å²) in [4.78, 5) is 21.7. The van der Waals surface area contributed by atoms with Crippen LogP contribution >= 0.6 is 22.9 Å². The molecule has 2 aliphatic rings. The van der Waals surface area contributed by atoms with Gasteiger partial charge in [0.05, 0.1) is 38.6 Å². The maximum Gasteiger partial charge on any atom is 0.422 e. The summed E-state index contributed by atoms with van der Waals surface area (Å²) in [6.07, 6.45) is -4.97. The number of aryl methyl sites for hydroxylation is 2. The van der Waals surface area contributed by atoms with Crippen molar-refractivity contribution in [3.63, 3.8) is 0 Å². The third-order valence-electron chi connectivity index (χ3n) is 7.03. The van der Waals surface area contributed by atoms with Gasteiger partial charge in [-0.2, -0.15) is 5.10 Å². The van der Waals surface area contributed by atoms with E-state index in [4.69, 9.17) is 30.5 Å². The Hall–Kier alpha value is -3.17. The molecule has 0 saturated carbocycles. The first-order valence-corrected chi connectivity index (χ1v) is 15.1. The number of carbonyl (C=O) groups is 1. The zero-order valence-corrected chi connectivity index (χ0v) is 25.8. The van der Waals surface area contributed by atoms with Gasteiger partial charge in [-0.05, 0) is 46.8 Å². The lowest BCUT2D eigenvalue weighted by Gasteiger charge is -2.48. The van der Waals surface area contributed by atoms with Crippen LogP contribution in [0.1, 0.15) is 55.4 Å². The van der Waals surface area contributed by atoms with Gasteiger partial charge in [-0.1, -0.05) is 41.9 Å². The second-order valence-corrected chi connectivity index (χ2v) is 13.0. The van der Waals surface area contributed by atoms with Crippen molar-refractivity contribution >= 4 is 39.2 Å². The lowest BCUT2D eigenvalue weighted by Crippen LogP contribution is -2.66. The number of aliphatic hydroxyl groups excluding tert-OH is 1. The van der Waals surface area contributed by atoms with E-state index in [-0.39, 0.29) is 6.61 Å². The van der Waals surface area contributed by atoms with Crippen molar-refractivity contribution in [2.75, 3.05) is 6.61 Å². The number of fused-ring (bicyclic) bond motifs is 2. The molecule has 14 heteroatoms. The molecular formula is C29H33ClN6O6S. The van der Waals surface area contributed by atoms with Gasteiger partial charge in [0.25, 0.3) is 0 Å². The summed E-state index contributed by atoms with van der Waals surface area (Å²) in [6, 6.07) is 12.3. The first kappa shape index (κ1) is 29.9. The number of ether oxygens (including phenoxy) is 4. The number of benzene rings is 2. The number of aliphatic hydroxyl groups is 1. The Morgan fingerprint density at radius 1 is 1.14 bits per heavy atom. The molecule has 0 radical (unpaired) electrons. The highest BCUT2D eigenvalue weighted by Gasteiger charge is 2.51. The number of rotatable bonds is 5. The fourth-order valence-corrected chi connectivity index (χ4v) is 6.47. The van der Waals surface area contributed by atoms with E-state index in [0.29, 0.717) is 22.4 Å². The summed E-state index contributed by atoms with van der Waals surface area (Å²) in [5.74, 6) is 0.793. The van der Waals surface area contributed by atoms with Gasteiger partial charge in [-0.3, -0.25) is 5.43 Å². The molecule has 6 atom stereocenters. The van der Waals surface area contributed by atoms with Gasteiger partial charge in [-0.15, -0.1) is 11.3 Å². The molecule has 2 fully saturated rings. The minimum Gasteiger partial charge on any atom is -0.443 e. The van der Waals surface area contributed by atoms with Crippen molar-refractivity contribution < 1.29 is 28.8 Å². The van der Waals surface area contributed by atoms with Crippen LogP contribution in [-0.4, -0.2) is 67.5 Å². The largest absolute Gasteiger partial charge is 0.443 e. The van der Waals surface area contributed by atoms with Gasteiger partial charge in [0.1, 0.15) is 35.8 Å². The lowest BCUT2D eigenvalue weighted by molar-refractivity contribution is -0.313. The van der Waals surface area contributed by atoms with Gasteiger partial charge in [0.15, 0.2) is 12.1 Å². The summed E-state index contributed by atoms with van der Waals surface area (Å²) in [6.45, 7) is 9.12. The van der Waals surface area contributed by atoms with Crippen LogP contribution < -0.4 is 10.9 Å². The van der Waals surface area contributed by atoms with E-state index in [1.165, 1.54) is 11.3 Å². The molecule has 12 nitrogen and oxygen atoms in total. The van der Waals surface area contributed by atoms with E-state index in [2.05, 4.69) is 25.9 Å². The molecule has 2 aliphatic heterocycles. The summed E-state index contributed by atoms with van der Waals surface area (Å²) in [7, 11) is 0. The van der Waals surface area contributed by atoms with E-state index < -0.39 is 48.4 Å². The van der Waals surface area contributed by atoms with Gasteiger partial charge >= 0.3 is 6.09 Å². The standard InChI is InChI=1S/C29H33ClN6O6S/c1-14-31-26(36(35-14)18-12-11-17-25(20(18)30)43-15(2)32-17)24-22(37)21(33-34-28(38)42-29(3,4)5)23-19(40-24)13-39-27(41-23)16-9-7-6-8-10-16/h6-12,19,21-24,27,33,37H,13H2,1-5H3,(H,34,38)/t19-,21-,22-,23+,24-,27?/m1/s1. The molecule has 2 aromatic carbocycles. The predicted octanol–water partition coefficient (Wildman–Crippen LogP) is 4.46. The predicted molar refractivity (Wildman–Crippen MR) is 159 cm³/mol. The van der Waals surface area contributed by atoms with E-state index in [1.54, 1.807) is 32.4 Å². The Morgan fingerprint density at radius 3 is 2.65 bits per heavy atom. The second-order valence-electron chi connectivity index (χ2n) is 11.5. The van der Waals surface area contributed by atoms with Crippen LogP contribution in [0.3, 0.4) is 0 Å². The number of halogens is 1. The molecule has 4 aromatic rings. The molecule has 2 aromatic heterocycles. The maximum absolute atomic E-state index is 12.6. The summed E-state index contributed by atoms with van der Waals surface area (Å²) >= 11 is 8.34. The van der Waals surface area contributed by atoms with Crippen molar-refractivity contribution in [2.45, 2.75) is 77.0 Å². The number of aromatic nitrogens is 4. The molecule has 1 amide bonds. The number of amides is 1. The van der Waals surface area contributed by atoms with Crippen LogP contribution in [0.5, 0.6) is 0 Å². The van der Waals surface area contributed by atoms with Crippen molar-refractivity contribution in [3.05, 3.63) is 69.7 Å². The van der Waals surface area contributed by atoms with Crippen molar-refractivity contribution in [3.8, 4) is 5.69 Å². The van der Waals surface area contributed by atoms with Crippen LogP contribution in [0, 0.1) is 13.8 Å². The number of nitrogens with one attached hydrogen (secondary N) is 2. The maximum atomic E-state index is 12.6. The van der Waals surface area contributed by atoms with Gasteiger partial charge < -0.3 is 24.1 Å². The highest BCUT2D eigenvalue weighted by Crippen LogP contribution is 2.40. The van der Waals surface area contributed by atoms with Crippen LogP contribution in [0.2, 0.25) is 5.02 Å². The molecule has 43 heavy (non-hydrogen) atoms.